The van der Waals surface area contributed by atoms with Crippen molar-refractivity contribution in [1.82, 2.24) is 9.78 Å². The molecule has 1 aliphatic rings. The van der Waals surface area contributed by atoms with E-state index in [1.54, 1.807) is 0 Å². The normalized spacial score (nSPS) is 15.4. The van der Waals surface area contributed by atoms with E-state index in [9.17, 15) is 26.3 Å². The summed E-state index contributed by atoms with van der Waals surface area (Å²) in [5.41, 5.74) is -1.63. The Morgan fingerprint density at radius 2 is 1.64 bits per heavy atom. The van der Waals surface area contributed by atoms with Gasteiger partial charge < -0.3 is 5.21 Å². The van der Waals surface area contributed by atoms with Crippen LogP contribution >= 0.6 is 11.6 Å². The Labute approximate surface area is 159 Å². The van der Waals surface area contributed by atoms with E-state index in [4.69, 9.17) is 16.8 Å². The van der Waals surface area contributed by atoms with Gasteiger partial charge in [0, 0.05) is 5.56 Å². The summed E-state index contributed by atoms with van der Waals surface area (Å²) in [4.78, 5) is 0. The summed E-state index contributed by atoms with van der Waals surface area (Å²) in [5, 5.41) is 15.9. The van der Waals surface area contributed by atoms with Crippen LogP contribution in [0.5, 0.6) is 0 Å². The van der Waals surface area contributed by atoms with Gasteiger partial charge in [0.25, 0.3) is 0 Å². The van der Waals surface area contributed by atoms with E-state index >= 15 is 0 Å². The zero-order chi connectivity index (χ0) is 20.9. The van der Waals surface area contributed by atoms with Crippen molar-refractivity contribution in [3.8, 4) is 5.69 Å². The standard InChI is InChI=1S/C17H12ClF6N3O/c1-8-14-13(3-2-9(7-25-28)15(14)18)27(26-8)12-5-10(16(19,20)21)4-11(6-12)17(22,23)24/h4-7,28H,2-3H2,1H3/b25-7+. The second-order valence-electron chi connectivity index (χ2n) is 6.17. The number of nitrogens with zero attached hydrogens (tertiary/aromatic N) is 3. The van der Waals surface area contributed by atoms with Gasteiger partial charge in [-0.3, -0.25) is 0 Å². The molecule has 1 aromatic heterocycles. The van der Waals surface area contributed by atoms with Crippen molar-refractivity contribution in [2.45, 2.75) is 32.1 Å². The lowest BCUT2D eigenvalue weighted by Crippen LogP contribution is -2.14. The maximum atomic E-state index is 13.1. The molecule has 1 aliphatic carbocycles. The third kappa shape index (κ3) is 3.60. The Balaban J connectivity index is 2.24. The van der Waals surface area contributed by atoms with Crippen molar-refractivity contribution in [2.75, 3.05) is 0 Å². The molecule has 1 aromatic carbocycles. The fourth-order valence-electron chi connectivity index (χ4n) is 3.08. The lowest BCUT2D eigenvalue weighted by Gasteiger charge is -2.18. The molecular formula is C17H12ClF6N3O. The zero-order valence-electron chi connectivity index (χ0n) is 14.2. The summed E-state index contributed by atoms with van der Waals surface area (Å²) in [6.45, 7) is 1.54. The predicted molar refractivity (Wildman–Crippen MR) is 89.7 cm³/mol. The largest absolute Gasteiger partial charge is 0.416 e. The van der Waals surface area contributed by atoms with Gasteiger partial charge in [0.1, 0.15) is 0 Å². The molecule has 28 heavy (non-hydrogen) atoms. The molecule has 1 N–H and O–H groups in total. The van der Waals surface area contributed by atoms with E-state index in [2.05, 4.69) is 10.3 Å². The summed E-state index contributed by atoms with van der Waals surface area (Å²) >= 11 is 6.27. The fraction of sp³-hybridized carbons (Fsp3) is 0.294. The van der Waals surface area contributed by atoms with Gasteiger partial charge in [0.05, 0.1) is 39.4 Å². The average molecular weight is 424 g/mol. The van der Waals surface area contributed by atoms with Gasteiger partial charge in [-0.15, -0.1) is 0 Å². The highest BCUT2D eigenvalue weighted by atomic mass is 35.5. The van der Waals surface area contributed by atoms with Crippen molar-refractivity contribution >= 4 is 22.8 Å². The molecule has 0 unspecified atom stereocenters. The molecule has 0 aliphatic heterocycles. The lowest BCUT2D eigenvalue weighted by atomic mass is 9.96. The van der Waals surface area contributed by atoms with Crippen molar-refractivity contribution in [2.24, 2.45) is 5.16 Å². The van der Waals surface area contributed by atoms with Gasteiger partial charge in [-0.25, -0.2) is 4.68 Å². The van der Waals surface area contributed by atoms with E-state index in [1.165, 1.54) is 6.92 Å². The maximum Gasteiger partial charge on any atom is 0.416 e. The zero-order valence-corrected chi connectivity index (χ0v) is 14.9. The molecule has 11 heteroatoms. The van der Waals surface area contributed by atoms with Crippen LogP contribution in [0.1, 0.15) is 34.5 Å². The summed E-state index contributed by atoms with van der Waals surface area (Å²) in [5.74, 6) is 0. The summed E-state index contributed by atoms with van der Waals surface area (Å²) in [6.07, 6.45) is -8.26. The molecule has 0 spiro atoms. The topological polar surface area (TPSA) is 50.4 Å². The smallest absolute Gasteiger partial charge is 0.411 e. The van der Waals surface area contributed by atoms with Gasteiger partial charge in [-0.1, -0.05) is 16.8 Å². The minimum atomic E-state index is -4.96. The quantitative estimate of drug-likeness (QED) is 0.297. The second-order valence-corrected chi connectivity index (χ2v) is 6.54. The van der Waals surface area contributed by atoms with E-state index in [-0.39, 0.29) is 29.6 Å². The molecule has 4 nitrogen and oxygen atoms in total. The van der Waals surface area contributed by atoms with Crippen LogP contribution in [0, 0.1) is 6.92 Å². The Kier molecular flexibility index (Phi) is 4.95. The molecule has 1 heterocycles. The number of aryl methyl sites for hydroxylation is 1. The first-order chi connectivity index (χ1) is 12.9. The van der Waals surface area contributed by atoms with Crippen LogP contribution in [-0.2, 0) is 18.8 Å². The average Bonchev–Trinajstić information content (AvgIpc) is 2.93. The highest BCUT2D eigenvalue weighted by Crippen LogP contribution is 2.40. The van der Waals surface area contributed by atoms with Crippen LogP contribution in [-0.4, -0.2) is 21.2 Å². The number of halogens is 7. The molecular weight excluding hydrogens is 412 g/mol. The Bertz CT molecular complexity index is 956. The minimum absolute atomic E-state index is 0.0645. The Hall–Kier alpha value is -2.49. The fourth-order valence-corrected chi connectivity index (χ4v) is 3.47. The highest BCUT2D eigenvalue weighted by molar-refractivity contribution is 6.51. The molecule has 0 saturated carbocycles. The molecule has 0 bridgehead atoms. The third-order valence-corrected chi connectivity index (χ3v) is 4.75. The molecule has 3 rings (SSSR count). The number of oxime groups is 1. The van der Waals surface area contributed by atoms with Crippen molar-refractivity contribution in [3.63, 3.8) is 0 Å². The molecule has 0 fully saturated rings. The number of rotatable bonds is 2. The van der Waals surface area contributed by atoms with E-state index < -0.39 is 23.5 Å². The SMILES string of the molecule is Cc1nn(-c2cc(C(F)(F)F)cc(C(F)(F)F)c2)c2c1C(Cl)=C(/C=N/O)CC2. The number of benzene rings is 1. The van der Waals surface area contributed by atoms with Gasteiger partial charge in [-0.05, 0) is 43.5 Å². The molecule has 0 atom stereocenters. The predicted octanol–water partition coefficient (Wildman–Crippen LogP) is 5.57. The molecule has 0 amide bonds. The summed E-state index contributed by atoms with van der Waals surface area (Å²) in [7, 11) is 0. The van der Waals surface area contributed by atoms with Gasteiger partial charge in [0.2, 0.25) is 0 Å². The molecule has 0 radical (unpaired) electrons. The Morgan fingerprint density at radius 3 is 2.14 bits per heavy atom. The first kappa shape index (κ1) is 20.2. The molecule has 2 aromatic rings. The second kappa shape index (κ2) is 6.84. The van der Waals surface area contributed by atoms with Crippen molar-refractivity contribution in [1.29, 1.82) is 0 Å². The van der Waals surface area contributed by atoms with Crippen molar-refractivity contribution in [3.05, 3.63) is 51.9 Å². The van der Waals surface area contributed by atoms with E-state index in [0.29, 0.717) is 34.7 Å². The lowest BCUT2D eigenvalue weighted by molar-refractivity contribution is -0.143. The number of allylic oxidation sites excluding steroid dienone is 1. The van der Waals surface area contributed by atoms with Crippen LogP contribution < -0.4 is 0 Å². The van der Waals surface area contributed by atoms with Gasteiger partial charge >= 0.3 is 12.4 Å². The van der Waals surface area contributed by atoms with Crippen LogP contribution in [0.2, 0.25) is 0 Å². The first-order valence-electron chi connectivity index (χ1n) is 7.88. The number of fused-ring (bicyclic) bond motifs is 1. The van der Waals surface area contributed by atoms with Crippen LogP contribution in [0.25, 0.3) is 10.7 Å². The van der Waals surface area contributed by atoms with Crippen LogP contribution in [0.3, 0.4) is 0 Å². The Morgan fingerprint density at radius 1 is 1.07 bits per heavy atom. The first-order valence-corrected chi connectivity index (χ1v) is 8.26. The van der Waals surface area contributed by atoms with Crippen molar-refractivity contribution < 1.29 is 31.5 Å². The monoisotopic (exact) mass is 423 g/mol. The van der Waals surface area contributed by atoms with Crippen LogP contribution in [0.4, 0.5) is 26.3 Å². The van der Waals surface area contributed by atoms with Crippen LogP contribution in [0.15, 0.2) is 28.9 Å². The molecule has 150 valence electrons. The van der Waals surface area contributed by atoms with E-state index in [1.807, 2.05) is 0 Å². The van der Waals surface area contributed by atoms with E-state index in [0.717, 1.165) is 10.9 Å². The maximum absolute atomic E-state index is 13.1. The number of aromatic nitrogens is 2. The number of hydrogen-bond acceptors (Lipinski definition) is 3. The highest BCUT2D eigenvalue weighted by Gasteiger charge is 2.37. The third-order valence-electron chi connectivity index (χ3n) is 4.32. The summed E-state index contributed by atoms with van der Waals surface area (Å²) < 4.78 is 79.8. The summed E-state index contributed by atoms with van der Waals surface area (Å²) in [6, 6.07) is 1.30. The minimum Gasteiger partial charge on any atom is -0.411 e. The van der Waals surface area contributed by atoms with Gasteiger partial charge in [-0.2, -0.15) is 31.4 Å². The van der Waals surface area contributed by atoms with Gasteiger partial charge in [0.15, 0.2) is 0 Å². The number of alkyl halides is 6. The number of hydrogen-bond donors (Lipinski definition) is 1. The molecule has 0 saturated heterocycles.